The lowest BCUT2D eigenvalue weighted by atomic mass is 9.57. The molecule has 4 amide bonds. The molecule has 0 bridgehead atoms. The highest BCUT2D eigenvalue weighted by molar-refractivity contribution is 6.53. The van der Waals surface area contributed by atoms with E-state index in [0.717, 1.165) is 4.90 Å². The van der Waals surface area contributed by atoms with Crippen LogP contribution in [0.4, 0.5) is 0 Å². The van der Waals surface area contributed by atoms with Crippen LogP contribution in [-0.4, -0.2) is 76.1 Å². The number of phenolic OH excluding ortho intramolecular Hbond substituents is 1. The molecule has 2 aliphatic carbocycles. The normalized spacial score (nSPS) is 34.4. The van der Waals surface area contributed by atoms with Gasteiger partial charge < -0.3 is 14.6 Å². The Labute approximate surface area is 229 Å². The molecule has 0 radical (unpaired) electrons. The fourth-order valence-electron chi connectivity index (χ4n) is 6.59. The zero-order valence-electron chi connectivity index (χ0n) is 21.4. The van der Waals surface area contributed by atoms with Gasteiger partial charge in [0.2, 0.25) is 17.6 Å². The molecular formula is C27H28Cl2N2O7. The van der Waals surface area contributed by atoms with Gasteiger partial charge in [0.1, 0.15) is 0 Å². The van der Waals surface area contributed by atoms with Crippen LogP contribution in [0.1, 0.15) is 25.3 Å². The number of hydrogen-bond donors (Lipinski definition) is 1. The van der Waals surface area contributed by atoms with Gasteiger partial charge in [0.05, 0.1) is 26.1 Å². The number of halogens is 2. The molecule has 2 heterocycles. The predicted octanol–water partition coefficient (Wildman–Crippen LogP) is 2.96. The second-order valence-electron chi connectivity index (χ2n) is 10.1. The van der Waals surface area contributed by atoms with Gasteiger partial charge in [-0.3, -0.25) is 29.0 Å². The average Bonchev–Trinajstić information content (AvgIpc) is 3.23. The van der Waals surface area contributed by atoms with Crippen molar-refractivity contribution in [3.63, 3.8) is 0 Å². The summed E-state index contributed by atoms with van der Waals surface area (Å²) < 4.78 is 10.5. The van der Waals surface area contributed by atoms with Crippen LogP contribution in [0.3, 0.4) is 0 Å². The molecule has 1 saturated carbocycles. The highest BCUT2D eigenvalue weighted by Crippen LogP contribution is 2.63. The Bertz CT molecular complexity index is 1300. The van der Waals surface area contributed by atoms with Gasteiger partial charge in [0, 0.05) is 19.5 Å². The van der Waals surface area contributed by atoms with Crippen molar-refractivity contribution >= 4 is 52.9 Å². The summed E-state index contributed by atoms with van der Waals surface area (Å²) in [4.78, 5) is 51.7. The van der Waals surface area contributed by atoms with E-state index in [0.29, 0.717) is 17.6 Å². The summed E-state index contributed by atoms with van der Waals surface area (Å²) in [6.07, 6.45) is 5.53. The number of amides is 4. The van der Waals surface area contributed by atoms with Crippen molar-refractivity contribution in [2.45, 2.75) is 29.5 Å². The summed E-state index contributed by atoms with van der Waals surface area (Å²) in [6, 6.07) is 3.17. The third-order valence-corrected chi connectivity index (χ3v) is 9.89. The zero-order chi connectivity index (χ0) is 27.7. The fourth-order valence-corrected chi connectivity index (χ4v) is 7.56. The van der Waals surface area contributed by atoms with Gasteiger partial charge in [-0.05, 0) is 43.4 Å². The monoisotopic (exact) mass is 562 g/mol. The molecule has 4 aliphatic rings. The van der Waals surface area contributed by atoms with Gasteiger partial charge in [0.15, 0.2) is 21.2 Å². The number of benzene rings is 1. The lowest BCUT2D eigenvalue weighted by Gasteiger charge is -2.49. The number of aromatic hydroxyl groups is 1. The quantitative estimate of drug-likeness (QED) is 0.333. The first kappa shape index (κ1) is 26.6. The first-order chi connectivity index (χ1) is 18.0. The van der Waals surface area contributed by atoms with E-state index in [1.807, 2.05) is 6.08 Å². The number of alkyl halides is 2. The maximum atomic E-state index is 13.5. The third-order valence-electron chi connectivity index (χ3n) is 8.46. The molecule has 1 N–H and O–H groups in total. The van der Waals surface area contributed by atoms with Crippen LogP contribution in [0, 0.1) is 23.7 Å². The van der Waals surface area contributed by atoms with E-state index < -0.39 is 45.2 Å². The van der Waals surface area contributed by atoms with Gasteiger partial charge in [-0.1, -0.05) is 23.8 Å². The van der Waals surface area contributed by atoms with Crippen LogP contribution in [0.15, 0.2) is 29.9 Å². The molecule has 0 aromatic heterocycles. The van der Waals surface area contributed by atoms with E-state index in [4.69, 9.17) is 32.7 Å². The molecule has 6 atom stereocenters. The van der Waals surface area contributed by atoms with Crippen LogP contribution >= 0.6 is 23.2 Å². The summed E-state index contributed by atoms with van der Waals surface area (Å²) in [5.41, 5.74) is 1.28. The van der Waals surface area contributed by atoms with Crippen molar-refractivity contribution in [1.82, 2.24) is 9.80 Å². The van der Waals surface area contributed by atoms with Gasteiger partial charge >= 0.3 is 0 Å². The second kappa shape index (κ2) is 9.02. The van der Waals surface area contributed by atoms with Crippen LogP contribution in [0.2, 0.25) is 0 Å². The zero-order valence-corrected chi connectivity index (χ0v) is 22.9. The number of carbonyl (C=O) groups is 4. The number of carbonyl (C=O) groups excluding carboxylic acids is 4. The van der Waals surface area contributed by atoms with Crippen LogP contribution < -0.4 is 9.47 Å². The summed E-state index contributed by atoms with van der Waals surface area (Å²) in [5.74, 6) is -4.21. The summed E-state index contributed by atoms with van der Waals surface area (Å²) >= 11 is 14.1. The Kier molecular flexibility index (Phi) is 6.30. The molecule has 2 saturated heterocycles. The van der Waals surface area contributed by atoms with E-state index >= 15 is 0 Å². The van der Waals surface area contributed by atoms with E-state index in [1.54, 1.807) is 31.2 Å². The molecule has 3 fully saturated rings. The van der Waals surface area contributed by atoms with Crippen molar-refractivity contribution in [1.29, 1.82) is 0 Å². The number of rotatable bonds is 5. The smallest absolute Gasteiger partial charge is 0.253 e. The molecule has 202 valence electrons. The lowest BCUT2D eigenvalue weighted by Crippen LogP contribution is -2.60. The molecule has 1 aromatic carbocycles. The molecule has 1 aromatic rings. The Morgan fingerprint density at radius 2 is 1.68 bits per heavy atom. The molecule has 5 rings (SSSR count). The van der Waals surface area contributed by atoms with Crippen LogP contribution in [-0.2, 0) is 19.2 Å². The summed E-state index contributed by atoms with van der Waals surface area (Å²) in [5, 5.41) is 10.3. The van der Waals surface area contributed by atoms with E-state index in [9.17, 15) is 24.3 Å². The number of allylic oxidation sites excluding steroid dienone is 3. The number of nitrogens with zero attached hydrogens (tertiary/aromatic N) is 2. The van der Waals surface area contributed by atoms with Gasteiger partial charge in [-0.2, -0.15) is 0 Å². The summed E-state index contributed by atoms with van der Waals surface area (Å²) in [7, 11) is 4.16. The van der Waals surface area contributed by atoms with E-state index in [2.05, 4.69) is 0 Å². The van der Waals surface area contributed by atoms with Crippen molar-refractivity contribution in [2.24, 2.45) is 23.7 Å². The van der Waals surface area contributed by atoms with Gasteiger partial charge in [-0.15, -0.1) is 23.2 Å². The average molecular weight is 563 g/mol. The van der Waals surface area contributed by atoms with Crippen molar-refractivity contribution in [3.05, 3.63) is 35.4 Å². The third kappa shape index (κ3) is 3.30. The van der Waals surface area contributed by atoms with Gasteiger partial charge in [-0.25, -0.2) is 0 Å². The number of methoxy groups -OCH3 is 2. The minimum atomic E-state index is -1.84. The molecule has 0 unspecified atom stereocenters. The maximum absolute atomic E-state index is 13.5. The molecule has 0 spiro atoms. The topological polar surface area (TPSA) is 113 Å². The SMILES string of the molecule is CCN1C(=O)[C@H]2[C@H](CC=C3[C@H]2C[C@@]2(Cl)C(=O)N(C)C(=O)[C@@]2(Cl)[C@H]3C=Cc2cc(OC)c(O)c(OC)c2)C1=O. The number of ether oxygens (including phenoxy) is 2. The highest BCUT2D eigenvalue weighted by atomic mass is 35.5. The second-order valence-corrected chi connectivity index (χ2v) is 11.3. The number of likely N-dealkylation sites (tertiary alicyclic amines) is 2. The van der Waals surface area contributed by atoms with Crippen LogP contribution in [0.25, 0.3) is 6.08 Å². The minimum absolute atomic E-state index is 0.0399. The molecule has 38 heavy (non-hydrogen) atoms. The van der Waals surface area contributed by atoms with E-state index in [1.165, 1.54) is 26.2 Å². The molecule has 11 heteroatoms. The number of fused-ring (bicyclic) bond motifs is 4. The molecular weight excluding hydrogens is 535 g/mol. The number of hydrogen-bond acceptors (Lipinski definition) is 7. The van der Waals surface area contributed by atoms with Crippen molar-refractivity contribution in [3.8, 4) is 17.2 Å². The fraction of sp³-hybridized carbons (Fsp3) is 0.481. The molecule has 2 aliphatic heterocycles. The Balaban J connectivity index is 1.65. The number of imide groups is 2. The summed E-state index contributed by atoms with van der Waals surface area (Å²) in [6.45, 7) is 2.00. The van der Waals surface area contributed by atoms with Gasteiger partial charge in [0.25, 0.3) is 11.8 Å². The van der Waals surface area contributed by atoms with E-state index in [-0.39, 0.29) is 42.0 Å². The lowest BCUT2D eigenvalue weighted by molar-refractivity contribution is -0.141. The molecule has 9 nitrogen and oxygen atoms in total. The van der Waals surface area contributed by atoms with Crippen LogP contribution in [0.5, 0.6) is 17.2 Å². The first-order valence-electron chi connectivity index (χ1n) is 12.3. The van der Waals surface area contributed by atoms with Crippen molar-refractivity contribution < 1.29 is 33.8 Å². The Morgan fingerprint density at radius 3 is 2.26 bits per heavy atom. The highest BCUT2D eigenvalue weighted by Gasteiger charge is 2.75. The minimum Gasteiger partial charge on any atom is -0.502 e. The Hall–Kier alpha value is -3.04. The first-order valence-corrected chi connectivity index (χ1v) is 13.1. The van der Waals surface area contributed by atoms with Crippen molar-refractivity contribution in [2.75, 3.05) is 27.8 Å². The Morgan fingerprint density at radius 1 is 1.05 bits per heavy atom. The standard InChI is InChI=1S/C27H28Cl2N2O7/c1-5-31-22(33)15-8-7-14-16(20(15)23(31)34)12-26(28)24(35)30(2)25(36)27(26,29)17(14)9-6-13-10-18(37-3)21(32)19(11-13)38-4/h6-7,9-11,15-17,20,32H,5,8,12H2,1-4H3/t15-,16+,17-,20-,26+,27-/m0/s1. The number of phenols is 1. The largest absolute Gasteiger partial charge is 0.502 e. The maximum Gasteiger partial charge on any atom is 0.253 e. The predicted molar refractivity (Wildman–Crippen MR) is 139 cm³/mol.